The van der Waals surface area contributed by atoms with Gasteiger partial charge in [0, 0.05) is 57.9 Å². The van der Waals surface area contributed by atoms with Gasteiger partial charge in [0.05, 0.1) is 30.5 Å². The number of imidazole rings is 1. The first-order valence-corrected chi connectivity index (χ1v) is 18.9. The molecular weight excluding hydrogens is 542 g/mol. The van der Waals surface area contributed by atoms with Crippen LogP contribution in [0.25, 0.3) is 22.3 Å². The Morgan fingerprint density at radius 2 is 1.79 bits per heavy atom. The molecule has 0 amide bonds. The summed E-state index contributed by atoms with van der Waals surface area (Å²) >= 11 is 0. The van der Waals surface area contributed by atoms with E-state index in [0.29, 0.717) is 36.1 Å². The lowest BCUT2D eigenvalue weighted by atomic mass is 10.0. The molecule has 2 atom stereocenters. The predicted molar refractivity (Wildman–Crippen MR) is 166 cm³/mol. The third kappa shape index (κ3) is 6.00. The molecule has 2 aliphatic heterocycles. The van der Waals surface area contributed by atoms with Crippen molar-refractivity contribution in [2.24, 2.45) is 17.8 Å². The summed E-state index contributed by atoms with van der Waals surface area (Å²) in [6.45, 7) is 12.7. The van der Waals surface area contributed by atoms with Gasteiger partial charge in [-0.05, 0) is 36.6 Å². The van der Waals surface area contributed by atoms with Gasteiger partial charge in [0.15, 0.2) is 11.5 Å². The van der Waals surface area contributed by atoms with Crippen LogP contribution >= 0.6 is 0 Å². The van der Waals surface area contributed by atoms with Crippen LogP contribution < -0.4 is 4.90 Å². The highest BCUT2D eigenvalue weighted by Crippen LogP contribution is 2.36. The second-order valence-electron chi connectivity index (χ2n) is 13.2. The number of aromatic nitrogens is 6. The largest absolute Gasteiger partial charge is 0.381 e. The molecule has 1 aromatic carbocycles. The van der Waals surface area contributed by atoms with Crippen LogP contribution in [0.15, 0.2) is 42.7 Å². The van der Waals surface area contributed by atoms with Crippen LogP contribution in [0.1, 0.15) is 24.5 Å². The van der Waals surface area contributed by atoms with Gasteiger partial charge in [-0.25, -0.2) is 19.6 Å². The van der Waals surface area contributed by atoms with E-state index < -0.39 is 8.07 Å². The fraction of sp³-hybridized carbons (Fsp3) is 0.500. The molecule has 42 heavy (non-hydrogen) atoms. The van der Waals surface area contributed by atoms with E-state index in [2.05, 4.69) is 48.5 Å². The van der Waals surface area contributed by atoms with E-state index in [4.69, 9.17) is 29.5 Å². The number of anilines is 1. The number of hydrogen-bond donors (Lipinski definition) is 0. The van der Waals surface area contributed by atoms with E-state index in [1.165, 1.54) is 12.8 Å². The van der Waals surface area contributed by atoms with Crippen molar-refractivity contribution in [2.75, 3.05) is 37.8 Å². The molecule has 0 radical (unpaired) electrons. The highest BCUT2D eigenvalue weighted by atomic mass is 28.3. The van der Waals surface area contributed by atoms with E-state index in [0.717, 1.165) is 73.6 Å². The summed E-state index contributed by atoms with van der Waals surface area (Å²) in [6, 6.07) is 11.3. The van der Waals surface area contributed by atoms with Gasteiger partial charge < -0.3 is 14.4 Å². The fourth-order valence-electron chi connectivity index (χ4n) is 5.79. The lowest BCUT2D eigenvalue weighted by molar-refractivity contribution is 0.0866. The minimum absolute atomic E-state index is 0.409. The van der Waals surface area contributed by atoms with E-state index >= 15 is 0 Å². The van der Waals surface area contributed by atoms with Crippen molar-refractivity contribution in [3.8, 4) is 23.1 Å². The Hall–Kier alpha value is -3.52. The summed E-state index contributed by atoms with van der Waals surface area (Å²) in [7, 11) is -1.18. The number of nitrogens with zero attached hydrogens (tertiary/aromatic N) is 7. The highest BCUT2D eigenvalue weighted by molar-refractivity contribution is 6.76. The first kappa shape index (κ1) is 27.3. The summed E-state index contributed by atoms with van der Waals surface area (Å²) in [4.78, 5) is 17.2. The Kier molecular flexibility index (Phi) is 7.34. The van der Waals surface area contributed by atoms with Crippen molar-refractivity contribution in [2.45, 2.75) is 51.8 Å². The van der Waals surface area contributed by atoms with Gasteiger partial charge in [-0.1, -0.05) is 50.0 Å². The number of hydrogen-bond acceptors (Lipinski definition) is 7. The molecule has 3 aliphatic rings. The highest BCUT2D eigenvalue weighted by Gasteiger charge is 2.38. The topological polar surface area (TPSA) is 83.1 Å². The smallest absolute Gasteiger partial charge is 0.209 e. The number of rotatable bonds is 9. The van der Waals surface area contributed by atoms with Crippen LogP contribution in [0, 0.1) is 29.6 Å². The molecule has 0 bridgehead atoms. The van der Waals surface area contributed by atoms with Gasteiger partial charge in [0.25, 0.3) is 0 Å². The quantitative estimate of drug-likeness (QED) is 0.158. The molecule has 7 rings (SSSR count). The Labute approximate surface area is 248 Å². The maximum absolute atomic E-state index is 6.10. The molecule has 0 N–H and O–H groups in total. The zero-order chi connectivity index (χ0) is 28.7. The van der Waals surface area contributed by atoms with Crippen LogP contribution in [-0.4, -0.2) is 70.3 Å². The number of ether oxygens (including phenoxy) is 2. The van der Waals surface area contributed by atoms with Crippen molar-refractivity contribution >= 4 is 24.9 Å². The molecule has 10 heteroatoms. The lowest BCUT2D eigenvalue weighted by Gasteiger charge is -2.19. The van der Waals surface area contributed by atoms with Gasteiger partial charge >= 0.3 is 0 Å². The number of fused-ring (bicyclic) bond motifs is 2. The van der Waals surface area contributed by atoms with Crippen molar-refractivity contribution in [3.63, 3.8) is 0 Å². The molecule has 3 fully saturated rings. The van der Waals surface area contributed by atoms with Crippen LogP contribution in [-0.2, 0) is 22.7 Å². The standard InChI is InChI=1S/C32H39N7O2Si/c1-42(2,3)14-13-40-22-38-19-28(24-7-5-4-6-8-24)34-30(38)12-11-29-35-31(37-17-25-20-41-21-26(25)18-37)27-15-33-39(32(27)36-29)16-23-9-10-23/h4-8,15,19,23,25-26H,9-10,13-14,16-18,20-22H2,1-3H3/t25-,26+. The van der Waals surface area contributed by atoms with Gasteiger partial charge in [0.1, 0.15) is 12.5 Å². The second-order valence-corrected chi connectivity index (χ2v) is 18.8. The molecule has 218 valence electrons. The fourth-order valence-corrected chi connectivity index (χ4v) is 6.55. The average molecular weight is 582 g/mol. The van der Waals surface area contributed by atoms with Gasteiger partial charge in [0.2, 0.25) is 5.82 Å². The first-order valence-electron chi connectivity index (χ1n) is 15.2. The zero-order valence-corrected chi connectivity index (χ0v) is 25.8. The summed E-state index contributed by atoms with van der Waals surface area (Å²) < 4.78 is 15.9. The Balaban J connectivity index is 1.22. The zero-order valence-electron chi connectivity index (χ0n) is 24.8. The maximum Gasteiger partial charge on any atom is 0.209 e. The van der Waals surface area contributed by atoms with E-state index in [-0.39, 0.29) is 0 Å². The second kappa shape index (κ2) is 11.3. The summed E-state index contributed by atoms with van der Waals surface area (Å²) in [5, 5.41) is 5.74. The van der Waals surface area contributed by atoms with Crippen molar-refractivity contribution < 1.29 is 9.47 Å². The molecule has 0 spiro atoms. The molecule has 1 saturated carbocycles. The normalized spacial score (nSPS) is 20.2. The molecule has 5 heterocycles. The minimum atomic E-state index is -1.18. The van der Waals surface area contributed by atoms with E-state index in [1.807, 2.05) is 39.8 Å². The molecule has 3 aromatic heterocycles. The van der Waals surface area contributed by atoms with Crippen LogP contribution in [0.5, 0.6) is 0 Å². The molecule has 0 unspecified atom stereocenters. The average Bonchev–Trinajstić information content (AvgIpc) is 3.29. The Bertz CT molecular complexity index is 1620. The Morgan fingerprint density at radius 1 is 1.00 bits per heavy atom. The van der Waals surface area contributed by atoms with E-state index in [1.54, 1.807) is 0 Å². The first-order chi connectivity index (χ1) is 20.4. The van der Waals surface area contributed by atoms with Crippen LogP contribution in [0.2, 0.25) is 25.7 Å². The molecule has 4 aromatic rings. The maximum atomic E-state index is 6.10. The molecule has 2 saturated heterocycles. The van der Waals surface area contributed by atoms with Gasteiger partial charge in [-0.15, -0.1) is 0 Å². The van der Waals surface area contributed by atoms with Gasteiger partial charge in [-0.3, -0.25) is 4.57 Å². The van der Waals surface area contributed by atoms with Gasteiger partial charge in [-0.2, -0.15) is 5.10 Å². The third-order valence-corrected chi connectivity index (χ3v) is 10.2. The summed E-state index contributed by atoms with van der Waals surface area (Å²) in [6.07, 6.45) is 6.48. The molecule has 1 aliphatic carbocycles. The molecule has 9 nitrogen and oxygen atoms in total. The van der Waals surface area contributed by atoms with Crippen LogP contribution in [0.3, 0.4) is 0 Å². The summed E-state index contributed by atoms with van der Waals surface area (Å²) in [5.41, 5.74) is 2.79. The lowest BCUT2D eigenvalue weighted by Crippen LogP contribution is -2.24. The van der Waals surface area contributed by atoms with Crippen molar-refractivity contribution in [1.82, 2.24) is 29.3 Å². The SMILES string of the molecule is C[Si](C)(C)CCOCn1cc(-c2ccccc2)nc1C#Cc1nc(N2C[C@H]3COC[C@H]3C2)c2cnn(CC3CC3)c2n1. The van der Waals surface area contributed by atoms with Crippen molar-refractivity contribution in [3.05, 3.63) is 54.4 Å². The van der Waals surface area contributed by atoms with Crippen LogP contribution in [0.4, 0.5) is 5.82 Å². The minimum Gasteiger partial charge on any atom is -0.381 e. The van der Waals surface area contributed by atoms with E-state index in [9.17, 15) is 0 Å². The van der Waals surface area contributed by atoms with Crippen molar-refractivity contribution in [1.29, 1.82) is 0 Å². The monoisotopic (exact) mass is 581 g/mol. The molecular formula is C32H39N7O2Si. The summed E-state index contributed by atoms with van der Waals surface area (Å²) in [5.74, 6) is 10.4. The Morgan fingerprint density at radius 3 is 2.52 bits per heavy atom. The third-order valence-electron chi connectivity index (χ3n) is 8.50. The predicted octanol–water partition coefficient (Wildman–Crippen LogP) is 4.89. The number of benzene rings is 1.